The minimum atomic E-state index is -3.89. The maximum absolute atomic E-state index is 10.9. The van der Waals surface area contributed by atoms with E-state index in [1.165, 1.54) is 0 Å². The first-order chi connectivity index (χ1) is 5.83. The summed E-state index contributed by atoms with van der Waals surface area (Å²) in [5, 5.41) is 2.54. The van der Waals surface area contributed by atoms with E-state index in [0.717, 1.165) is 0 Å². The zero-order valence-electron chi connectivity index (χ0n) is 8.49. The van der Waals surface area contributed by atoms with Gasteiger partial charge in [0.05, 0.1) is 5.75 Å². The Bertz CT molecular complexity index is 263. The van der Waals surface area contributed by atoms with E-state index in [-0.39, 0.29) is 50.0 Å². The molecule has 5 nitrogen and oxygen atoms in total. The molecule has 0 saturated carbocycles. The van der Waals surface area contributed by atoms with Crippen LogP contribution in [0.3, 0.4) is 0 Å². The second-order valence-corrected chi connectivity index (χ2v) is 4.66. The Kier molecular flexibility index (Phi) is 8.59. The van der Waals surface area contributed by atoms with Crippen LogP contribution in [0.25, 0.3) is 0 Å². The largest absolute Gasteiger partial charge is 0.356 e. The summed E-state index contributed by atoms with van der Waals surface area (Å²) in [6.45, 7) is 3.77. The van der Waals surface area contributed by atoms with Crippen molar-refractivity contribution in [2.75, 3.05) is 12.3 Å². The molecule has 0 aliphatic carbocycles. The molecular formula is C7H15NO4SZn. The Morgan fingerprint density at radius 3 is 2.29 bits per heavy atom. The minimum Gasteiger partial charge on any atom is -0.356 e. The molecule has 0 aromatic rings. The molecule has 0 saturated heterocycles. The van der Waals surface area contributed by atoms with Gasteiger partial charge in [-0.15, -0.1) is 0 Å². The number of carbonyl (C=O) groups excluding carboxylic acids is 1. The average Bonchev–Trinajstić information content (AvgIpc) is 1.95. The van der Waals surface area contributed by atoms with E-state index in [9.17, 15) is 13.2 Å². The summed E-state index contributed by atoms with van der Waals surface area (Å²) in [6.07, 6.45) is 0.233. The van der Waals surface area contributed by atoms with Crippen LogP contribution in [-0.4, -0.2) is 31.2 Å². The molecule has 14 heavy (non-hydrogen) atoms. The fraction of sp³-hybridized carbons (Fsp3) is 0.857. The van der Waals surface area contributed by atoms with Crippen molar-refractivity contribution in [1.82, 2.24) is 5.32 Å². The van der Waals surface area contributed by atoms with Crippen molar-refractivity contribution in [1.29, 1.82) is 0 Å². The molecule has 0 aromatic carbocycles. The number of hydrogen-bond donors (Lipinski definition) is 2. The fourth-order valence-corrected chi connectivity index (χ4v) is 1.18. The molecular weight excluding hydrogens is 260 g/mol. The quantitative estimate of drug-likeness (QED) is 0.421. The van der Waals surface area contributed by atoms with Crippen LogP contribution in [0.4, 0.5) is 0 Å². The topological polar surface area (TPSA) is 83.5 Å². The molecule has 0 rings (SSSR count). The summed E-state index contributed by atoms with van der Waals surface area (Å²) in [5.74, 6) is -0.535. The molecule has 0 heterocycles. The van der Waals surface area contributed by atoms with Crippen molar-refractivity contribution >= 4 is 16.0 Å². The first-order valence-corrected chi connectivity index (χ1v) is 5.66. The van der Waals surface area contributed by atoms with Crippen molar-refractivity contribution in [2.24, 2.45) is 5.92 Å². The Morgan fingerprint density at radius 1 is 1.43 bits per heavy atom. The van der Waals surface area contributed by atoms with Crippen LogP contribution >= 0.6 is 0 Å². The molecule has 7 heteroatoms. The van der Waals surface area contributed by atoms with Gasteiger partial charge in [-0.3, -0.25) is 9.35 Å². The SMILES string of the molecule is CC(C)C(=O)NCCCS(=O)(=O)O.[Zn]. The van der Waals surface area contributed by atoms with Crippen molar-refractivity contribution in [3.63, 3.8) is 0 Å². The third-order valence-corrected chi connectivity index (χ3v) is 2.21. The summed E-state index contributed by atoms with van der Waals surface area (Å²) >= 11 is 0. The van der Waals surface area contributed by atoms with E-state index < -0.39 is 10.1 Å². The van der Waals surface area contributed by atoms with Gasteiger partial charge >= 0.3 is 0 Å². The number of nitrogens with one attached hydrogen (secondary N) is 1. The molecule has 0 aliphatic rings. The van der Waals surface area contributed by atoms with E-state index in [2.05, 4.69) is 5.32 Å². The van der Waals surface area contributed by atoms with Gasteiger partial charge in [0.25, 0.3) is 10.1 Å². The molecule has 0 aromatic heterocycles. The summed E-state index contributed by atoms with van der Waals surface area (Å²) < 4.78 is 28.9. The molecule has 0 bridgehead atoms. The van der Waals surface area contributed by atoms with Crippen molar-refractivity contribution in [3.05, 3.63) is 0 Å². The first-order valence-electron chi connectivity index (χ1n) is 4.06. The van der Waals surface area contributed by atoms with Crippen molar-refractivity contribution < 1.29 is 37.2 Å². The van der Waals surface area contributed by atoms with E-state index in [1.54, 1.807) is 13.8 Å². The third kappa shape index (κ3) is 10.1. The van der Waals surface area contributed by atoms with Gasteiger partial charge in [-0.05, 0) is 6.42 Å². The van der Waals surface area contributed by atoms with Gasteiger partial charge in [0.15, 0.2) is 0 Å². The van der Waals surface area contributed by atoms with Crippen molar-refractivity contribution in [3.8, 4) is 0 Å². The van der Waals surface area contributed by atoms with Gasteiger partial charge in [-0.1, -0.05) is 13.8 Å². The zero-order valence-corrected chi connectivity index (χ0v) is 12.3. The molecule has 0 fully saturated rings. The molecule has 0 aliphatic heterocycles. The van der Waals surface area contributed by atoms with Gasteiger partial charge in [0.2, 0.25) is 5.91 Å². The number of amides is 1. The number of carbonyl (C=O) groups is 1. The van der Waals surface area contributed by atoms with Crippen LogP contribution in [0.15, 0.2) is 0 Å². The van der Waals surface area contributed by atoms with Gasteiger partial charge in [0, 0.05) is 31.9 Å². The van der Waals surface area contributed by atoms with Gasteiger partial charge in [-0.2, -0.15) is 8.42 Å². The van der Waals surface area contributed by atoms with Crippen LogP contribution in [0.1, 0.15) is 20.3 Å². The molecule has 80 valence electrons. The van der Waals surface area contributed by atoms with E-state index in [0.29, 0.717) is 0 Å². The van der Waals surface area contributed by atoms with Gasteiger partial charge < -0.3 is 5.32 Å². The summed E-state index contributed by atoms with van der Waals surface area (Å²) in [5.41, 5.74) is 0. The van der Waals surface area contributed by atoms with Crippen LogP contribution in [-0.2, 0) is 34.4 Å². The molecule has 1 amide bonds. The Labute approximate surface area is 97.2 Å². The fourth-order valence-electron chi connectivity index (χ4n) is 0.670. The maximum Gasteiger partial charge on any atom is 0.264 e. The standard InChI is InChI=1S/C7H15NO4S.Zn/c1-6(2)7(9)8-4-3-5-13(10,11)12;/h6H,3-5H2,1-2H3,(H,8,9)(H,10,11,12);. The predicted octanol–water partition coefficient (Wildman–Crippen LogP) is 0.0340. The van der Waals surface area contributed by atoms with Gasteiger partial charge in [0.1, 0.15) is 0 Å². The van der Waals surface area contributed by atoms with Crippen LogP contribution in [0.2, 0.25) is 0 Å². The van der Waals surface area contributed by atoms with Crippen molar-refractivity contribution in [2.45, 2.75) is 20.3 Å². The summed E-state index contributed by atoms with van der Waals surface area (Å²) in [4.78, 5) is 10.9. The normalized spacial score (nSPS) is 10.9. The Morgan fingerprint density at radius 2 is 1.93 bits per heavy atom. The molecule has 0 spiro atoms. The number of hydrogen-bond acceptors (Lipinski definition) is 3. The van der Waals surface area contributed by atoms with E-state index in [1.807, 2.05) is 0 Å². The first kappa shape index (κ1) is 16.4. The Balaban J connectivity index is 0. The monoisotopic (exact) mass is 273 g/mol. The van der Waals surface area contributed by atoms with Crippen LogP contribution in [0.5, 0.6) is 0 Å². The summed E-state index contributed by atoms with van der Waals surface area (Å²) in [7, 11) is -3.89. The second kappa shape index (κ2) is 7.32. The zero-order chi connectivity index (χ0) is 10.5. The summed E-state index contributed by atoms with van der Waals surface area (Å²) in [6, 6.07) is 0. The second-order valence-electron chi connectivity index (χ2n) is 3.09. The van der Waals surface area contributed by atoms with Crippen LogP contribution < -0.4 is 5.32 Å². The molecule has 2 N–H and O–H groups in total. The average molecular weight is 275 g/mol. The van der Waals surface area contributed by atoms with E-state index >= 15 is 0 Å². The minimum absolute atomic E-state index is 0. The smallest absolute Gasteiger partial charge is 0.264 e. The maximum atomic E-state index is 10.9. The van der Waals surface area contributed by atoms with Gasteiger partial charge in [-0.25, -0.2) is 0 Å². The predicted molar refractivity (Wildman–Crippen MR) is 48.9 cm³/mol. The molecule has 0 atom stereocenters. The number of rotatable bonds is 5. The third-order valence-electron chi connectivity index (χ3n) is 1.40. The van der Waals surface area contributed by atoms with E-state index in [4.69, 9.17) is 4.55 Å². The molecule has 0 unspecified atom stereocenters. The molecule has 0 radical (unpaired) electrons. The Hall–Kier alpha value is 0.00338. The van der Waals surface area contributed by atoms with Crippen LogP contribution in [0, 0.1) is 5.92 Å².